The first-order valence-electron chi connectivity index (χ1n) is 22.2. The fourth-order valence-corrected chi connectivity index (χ4v) is 6.89. The smallest absolute Gasteiger partial charge is 0.306 e. The molecule has 0 bridgehead atoms. The van der Waals surface area contributed by atoms with Gasteiger partial charge in [0.1, 0.15) is 31.3 Å². The van der Waals surface area contributed by atoms with E-state index >= 15 is 0 Å². The minimum absolute atomic E-state index is 0.0532. The molecule has 1 N–H and O–H groups in total. The van der Waals surface area contributed by atoms with Crippen LogP contribution in [0.1, 0.15) is 158 Å². The Kier molecular flexibility index (Phi) is 29.8. The number of phosphoric ester groups is 1. The number of quaternary nitrogens is 1. The summed E-state index contributed by atoms with van der Waals surface area (Å²) < 4.78 is 40.1. The summed E-state index contributed by atoms with van der Waals surface area (Å²) in [4.78, 5) is 37.7. The molecule has 1 aromatic rings. The minimum Gasteiger partial charge on any atom is -0.756 e. The molecule has 0 radical (unpaired) electrons. The van der Waals surface area contributed by atoms with Crippen molar-refractivity contribution in [2.24, 2.45) is 0 Å². The largest absolute Gasteiger partial charge is 0.756 e. The van der Waals surface area contributed by atoms with Crippen molar-refractivity contribution in [2.45, 2.75) is 175 Å². The summed E-state index contributed by atoms with van der Waals surface area (Å²) in [7, 11) is 1.09. The number of aryl methyl sites for hydroxylation is 2. The van der Waals surface area contributed by atoms with Crippen LogP contribution in [-0.2, 0) is 45.5 Å². The Morgan fingerprint density at radius 1 is 0.759 bits per heavy atom. The normalized spacial score (nSPS) is 14.4. The highest BCUT2D eigenvalue weighted by Crippen LogP contribution is 2.38. The number of aliphatic hydroxyl groups is 1. The summed E-state index contributed by atoms with van der Waals surface area (Å²) >= 11 is 0. The number of carbonyl (C=O) groups is 2. The number of allylic oxidation sites excluding steroid dienone is 4. The van der Waals surface area contributed by atoms with Crippen molar-refractivity contribution in [1.82, 2.24) is 0 Å². The van der Waals surface area contributed by atoms with Gasteiger partial charge in [0.25, 0.3) is 7.82 Å². The number of esters is 2. The SMILES string of the molecule is CC/C=C/CC(O)/C=C/C=C/CCCCCCCC(=O)OC[C@H](COP(=O)([O-])OCC[N+](C)(C)C)OC(=O)CCCCCCCCc1oc(CCCCC)c(C)c1C. The second kappa shape index (κ2) is 32.3. The Balaban J connectivity index is 2.42. The molecule has 0 fully saturated rings. The van der Waals surface area contributed by atoms with E-state index in [0.29, 0.717) is 30.3 Å². The van der Waals surface area contributed by atoms with Crippen LogP contribution in [0.2, 0.25) is 0 Å². The number of likely N-dealkylation sites (N-methyl/N-ethyl adjacent to an activating group) is 1. The van der Waals surface area contributed by atoms with Crippen molar-refractivity contribution in [3.05, 3.63) is 59.1 Å². The molecule has 12 heteroatoms. The van der Waals surface area contributed by atoms with Gasteiger partial charge in [-0.1, -0.05) is 108 Å². The molecule has 11 nitrogen and oxygen atoms in total. The molecule has 0 aromatic carbocycles. The van der Waals surface area contributed by atoms with Crippen LogP contribution in [0, 0.1) is 13.8 Å². The number of carbonyl (C=O) groups excluding carboxylic acids is 2. The highest BCUT2D eigenvalue weighted by molar-refractivity contribution is 7.45. The zero-order valence-corrected chi connectivity index (χ0v) is 38.2. The summed E-state index contributed by atoms with van der Waals surface area (Å²) in [5, 5.41) is 9.89. The van der Waals surface area contributed by atoms with Gasteiger partial charge in [-0.05, 0) is 76.3 Å². The van der Waals surface area contributed by atoms with Crippen molar-refractivity contribution in [3.63, 3.8) is 0 Å². The molecule has 0 saturated carbocycles. The zero-order valence-electron chi connectivity index (χ0n) is 37.3. The second-order valence-electron chi connectivity index (χ2n) is 16.5. The van der Waals surface area contributed by atoms with Crippen LogP contribution in [0.15, 0.2) is 40.9 Å². The van der Waals surface area contributed by atoms with E-state index in [2.05, 4.69) is 33.8 Å². The molecule has 0 amide bonds. The maximum absolute atomic E-state index is 12.8. The second-order valence-corrected chi connectivity index (χ2v) is 17.9. The van der Waals surface area contributed by atoms with E-state index in [1.165, 1.54) is 30.4 Å². The predicted octanol–water partition coefficient (Wildman–Crippen LogP) is 10.1. The standard InChI is InChI=1S/C46H80NO10P/c1-8-10-23-29-41(48)30-25-19-15-13-12-14-16-21-27-33-45(49)53-37-42(38-55-58(51,52)54-36-35-47(5,6)7)56-46(50)34-28-22-18-17-20-26-32-44-40(4)39(3)43(57-44)31-24-11-9-2/h10,15,19,23,25,30,41-42,48H,8-9,11-14,16-18,20-22,24,26-29,31-38H2,1-7H3/b19-15+,23-10+,30-25+/t41?,42-/m1/s1. The summed E-state index contributed by atoms with van der Waals surface area (Å²) in [5.41, 5.74) is 2.58. The molecule has 0 aliphatic carbocycles. The molecule has 1 aromatic heterocycles. The van der Waals surface area contributed by atoms with E-state index in [0.717, 1.165) is 95.0 Å². The lowest BCUT2D eigenvalue weighted by Gasteiger charge is -2.28. The van der Waals surface area contributed by atoms with Gasteiger partial charge >= 0.3 is 11.9 Å². The lowest BCUT2D eigenvalue weighted by atomic mass is 10.0. The zero-order chi connectivity index (χ0) is 43.1. The number of nitrogens with zero attached hydrogens (tertiary/aromatic N) is 1. The van der Waals surface area contributed by atoms with Gasteiger partial charge in [0.05, 0.1) is 33.9 Å². The number of aliphatic hydroxyl groups excluding tert-OH is 1. The van der Waals surface area contributed by atoms with Crippen molar-refractivity contribution in [3.8, 4) is 0 Å². The topological polar surface area (TPSA) is 145 Å². The van der Waals surface area contributed by atoms with E-state index in [1.807, 2.05) is 45.4 Å². The van der Waals surface area contributed by atoms with Crippen LogP contribution in [0.4, 0.5) is 0 Å². The maximum Gasteiger partial charge on any atom is 0.306 e. The molecule has 2 unspecified atom stereocenters. The Morgan fingerprint density at radius 2 is 1.34 bits per heavy atom. The third-order valence-corrected chi connectivity index (χ3v) is 10.9. The minimum atomic E-state index is -4.66. The van der Waals surface area contributed by atoms with Gasteiger partial charge in [0.2, 0.25) is 0 Å². The number of ether oxygens (including phenoxy) is 2. The molecule has 1 rings (SSSR count). The van der Waals surface area contributed by atoms with Gasteiger partial charge in [-0.3, -0.25) is 14.2 Å². The first kappa shape index (κ1) is 53.5. The van der Waals surface area contributed by atoms with Gasteiger partial charge in [-0.15, -0.1) is 0 Å². The first-order valence-corrected chi connectivity index (χ1v) is 23.6. The van der Waals surface area contributed by atoms with Crippen LogP contribution in [0.25, 0.3) is 0 Å². The maximum atomic E-state index is 12.8. The number of rotatable bonds is 36. The number of unbranched alkanes of at least 4 members (excludes halogenated alkanes) is 12. The fraction of sp³-hybridized carbons (Fsp3) is 0.739. The average molecular weight is 838 g/mol. The number of furan rings is 1. The van der Waals surface area contributed by atoms with Crippen LogP contribution >= 0.6 is 7.82 Å². The fourth-order valence-electron chi connectivity index (χ4n) is 6.16. The van der Waals surface area contributed by atoms with Gasteiger partial charge < -0.3 is 37.4 Å². The number of hydrogen-bond acceptors (Lipinski definition) is 10. The van der Waals surface area contributed by atoms with Crippen molar-refractivity contribution in [2.75, 3.05) is 47.5 Å². The van der Waals surface area contributed by atoms with Crippen molar-refractivity contribution < 1.29 is 51.6 Å². The van der Waals surface area contributed by atoms with Crippen LogP contribution in [-0.4, -0.2) is 81.2 Å². The highest BCUT2D eigenvalue weighted by Gasteiger charge is 2.22. The Labute approximate surface area is 351 Å². The van der Waals surface area contributed by atoms with Gasteiger partial charge in [-0.2, -0.15) is 0 Å². The van der Waals surface area contributed by atoms with Crippen molar-refractivity contribution >= 4 is 19.8 Å². The number of phosphoric acid groups is 1. The van der Waals surface area contributed by atoms with E-state index in [9.17, 15) is 24.2 Å². The Hall–Kier alpha value is -2.53. The lowest BCUT2D eigenvalue weighted by Crippen LogP contribution is -2.37. The molecular formula is C46H80NO10P. The number of hydrogen-bond donors (Lipinski definition) is 1. The summed E-state index contributed by atoms with van der Waals surface area (Å²) in [6.07, 6.45) is 29.1. The molecule has 334 valence electrons. The molecule has 0 aliphatic rings. The Bertz CT molecular complexity index is 1380. The van der Waals surface area contributed by atoms with Gasteiger partial charge in [0, 0.05) is 25.7 Å². The van der Waals surface area contributed by atoms with E-state index in [1.54, 1.807) is 6.08 Å². The first-order chi connectivity index (χ1) is 27.7. The van der Waals surface area contributed by atoms with Gasteiger partial charge in [-0.25, -0.2) is 0 Å². The lowest BCUT2D eigenvalue weighted by molar-refractivity contribution is -0.870. The highest BCUT2D eigenvalue weighted by atomic mass is 31.2. The molecule has 0 spiro atoms. The summed E-state index contributed by atoms with van der Waals surface area (Å²) in [5.74, 6) is 1.33. The molecule has 0 aliphatic heterocycles. The average Bonchev–Trinajstić information content (AvgIpc) is 3.43. The molecule has 1 heterocycles. The van der Waals surface area contributed by atoms with Crippen LogP contribution in [0.5, 0.6) is 0 Å². The van der Waals surface area contributed by atoms with Gasteiger partial charge in [0.15, 0.2) is 6.10 Å². The molecule has 3 atom stereocenters. The van der Waals surface area contributed by atoms with E-state index in [-0.39, 0.29) is 26.1 Å². The molecule has 0 saturated heterocycles. The molecule has 58 heavy (non-hydrogen) atoms. The van der Waals surface area contributed by atoms with E-state index < -0.39 is 38.6 Å². The summed E-state index contributed by atoms with van der Waals surface area (Å²) in [6.45, 7) is 8.20. The third kappa shape index (κ3) is 28.8. The quantitative estimate of drug-likeness (QED) is 0.0173. The van der Waals surface area contributed by atoms with Crippen molar-refractivity contribution in [1.29, 1.82) is 0 Å². The van der Waals surface area contributed by atoms with Crippen LogP contribution < -0.4 is 4.89 Å². The Morgan fingerprint density at radius 3 is 1.97 bits per heavy atom. The summed E-state index contributed by atoms with van der Waals surface area (Å²) in [6, 6.07) is 0. The van der Waals surface area contributed by atoms with E-state index in [4.69, 9.17) is 22.9 Å². The predicted molar refractivity (Wildman–Crippen MR) is 231 cm³/mol. The monoisotopic (exact) mass is 838 g/mol. The third-order valence-electron chi connectivity index (χ3n) is 9.96. The molecular weight excluding hydrogens is 757 g/mol. The van der Waals surface area contributed by atoms with Crippen LogP contribution in [0.3, 0.4) is 0 Å².